The first-order valence-electron chi connectivity index (χ1n) is 6.69. The largest absolute Gasteiger partial charge is 0.318 e. The molecule has 20 heavy (non-hydrogen) atoms. The van der Waals surface area contributed by atoms with Crippen LogP contribution in [0.2, 0.25) is 0 Å². The van der Waals surface area contributed by atoms with Gasteiger partial charge in [-0.3, -0.25) is 14.4 Å². The van der Waals surface area contributed by atoms with E-state index in [2.05, 4.69) is 25.9 Å². The Balaban J connectivity index is 1.65. The third-order valence-corrected chi connectivity index (χ3v) is 4.15. The number of hydrogen-bond acceptors (Lipinski definition) is 3. The van der Waals surface area contributed by atoms with Crippen molar-refractivity contribution in [3.63, 3.8) is 0 Å². The molecular formula is C14H17BrN4O. The van der Waals surface area contributed by atoms with E-state index in [1.54, 1.807) is 17.7 Å². The van der Waals surface area contributed by atoms with Gasteiger partial charge in [-0.05, 0) is 27.9 Å². The van der Waals surface area contributed by atoms with Gasteiger partial charge >= 0.3 is 0 Å². The van der Waals surface area contributed by atoms with Crippen molar-refractivity contribution in [1.29, 1.82) is 0 Å². The van der Waals surface area contributed by atoms with Crippen LogP contribution in [-0.2, 0) is 13.6 Å². The highest BCUT2D eigenvalue weighted by Crippen LogP contribution is 2.23. The highest BCUT2D eigenvalue weighted by Gasteiger charge is 2.24. The molecule has 3 heterocycles. The zero-order valence-corrected chi connectivity index (χ0v) is 13.0. The van der Waals surface area contributed by atoms with Crippen molar-refractivity contribution >= 4 is 15.9 Å². The van der Waals surface area contributed by atoms with Crippen molar-refractivity contribution < 1.29 is 0 Å². The number of rotatable bonds is 3. The highest BCUT2D eigenvalue weighted by molar-refractivity contribution is 9.10. The second-order valence-corrected chi connectivity index (χ2v) is 6.22. The lowest BCUT2D eigenvalue weighted by Crippen LogP contribution is -2.23. The third-order valence-electron chi connectivity index (χ3n) is 3.74. The van der Waals surface area contributed by atoms with E-state index in [1.807, 2.05) is 29.3 Å². The molecule has 1 fully saturated rings. The summed E-state index contributed by atoms with van der Waals surface area (Å²) >= 11 is 3.43. The first-order chi connectivity index (χ1) is 9.61. The molecule has 0 bridgehead atoms. The molecule has 2 aromatic rings. The predicted octanol–water partition coefficient (Wildman–Crippen LogP) is 1.79. The summed E-state index contributed by atoms with van der Waals surface area (Å²) in [7, 11) is 1.79. The van der Waals surface area contributed by atoms with Gasteiger partial charge in [0.2, 0.25) is 5.56 Å². The van der Waals surface area contributed by atoms with E-state index in [-0.39, 0.29) is 5.56 Å². The van der Waals surface area contributed by atoms with Gasteiger partial charge in [0.1, 0.15) is 0 Å². The average Bonchev–Trinajstić information content (AvgIpc) is 3.03. The maximum atomic E-state index is 11.4. The Labute approximate surface area is 125 Å². The van der Waals surface area contributed by atoms with Crippen LogP contribution in [0.3, 0.4) is 0 Å². The molecule has 0 radical (unpaired) electrons. The van der Waals surface area contributed by atoms with E-state index in [0.717, 1.165) is 30.5 Å². The molecule has 1 aliphatic heterocycles. The fourth-order valence-corrected chi connectivity index (χ4v) is 2.99. The summed E-state index contributed by atoms with van der Waals surface area (Å²) < 4.78 is 4.69. The van der Waals surface area contributed by atoms with Gasteiger partial charge in [0.25, 0.3) is 0 Å². The lowest BCUT2D eigenvalue weighted by atomic mass is 10.2. The number of halogens is 1. The Morgan fingerprint density at radius 1 is 1.40 bits per heavy atom. The molecule has 6 heteroatoms. The maximum Gasteiger partial charge on any atom is 0.250 e. The summed E-state index contributed by atoms with van der Waals surface area (Å²) in [5.74, 6) is 0. The molecule has 5 nitrogen and oxygen atoms in total. The van der Waals surface area contributed by atoms with Gasteiger partial charge in [0.05, 0.1) is 16.7 Å². The van der Waals surface area contributed by atoms with Gasteiger partial charge in [-0.2, -0.15) is 5.10 Å². The molecule has 0 aromatic carbocycles. The zero-order valence-electron chi connectivity index (χ0n) is 11.4. The van der Waals surface area contributed by atoms with Crippen molar-refractivity contribution in [2.24, 2.45) is 7.05 Å². The zero-order chi connectivity index (χ0) is 14.1. The standard InChI is InChI=1S/C14H17BrN4O/c1-17-7-11(2-3-14(17)20)8-18-5-4-13(10-18)19-9-12(15)6-16-19/h2-3,6-7,9,13H,4-5,8,10H2,1H3. The molecule has 3 rings (SSSR count). The fourth-order valence-electron chi connectivity index (χ4n) is 2.69. The van der Waals surface area contributed by atoms with Crippen molar-refractivity contribution in [2.45, 2.75) is 19.0 Å². The molecule has 106 valence electrons. The van der Waals surface area contributed by atoms with Crippen LogP contribution >= 0.6 is 15.9 Å². The van der Waals surface area contributed by atoms with Crippen LogP contribution in [0.1, 0.15) is 18.0 Å². The van der Waals surface area contributed by atoms with Gasteiger partial charge < -0.3 is 4.57 Å². The summed E-state index contributed by atoms with van der Waals surface area (Å²) in [5, 5.41) is 4.36. The monoisotopic (exact) mass is 336 g/mol. The van der Waals surface area contributed by atoms with Gasteiger partial charge in [0.15, 0.2) is 0 Å². The number of likely N-dealkylation sites (tertiary alicyclic amines) is 1. The third kappa shape index (κ3) is 2.86. The second-order valence-electron chi connectivity index (χ2n) is 5.30. The van der Waals surface area contributed by atoms with Crippen molar-refractivity contribution in [1.82, 2.24) is 19.2 Å². The normalized spacial score (nSPS) is 19.6. The van der Waals surface area contributed by atoms with Crippen LogP contribution in [0.5, 0.6) is 0 Å². The van der Waals surface area contributed by atoms with E-state index in [9.17, 15) is 4.79 Å². The predicted molar refractivity (Wildman–Crippen MR) is 80.5 cm³/mol. The molecule has 0 spiro atoms. The Bertz CT molecular complexity index is 663. The van der Waals surface area contributed by atoms with Crippen LogP contribution in [0.25, 0.3) is 0 Å². The summed E-state index contributed by atoms with van der Waals surface area (Å²) in [6.07, 6.45) is 6.88. The average molecular weight is 337 g/mol. The highest BCUT2D eigenvalue weighted by atomic mass is 79.9. The summed E-state index contributed by atoms with van der Waals surface area (Å²) in [5.41, 5.74) is 1.21. The van der Waals surface area contributed by atoms with Crippen molar-refractivity contribution in [3.05, 3.63) is 51.1 Å². The van der Waals surface area contributed by atoms with E-state index >= 15 is 0 Å². The van der Waals surface area contributed by atoms with Crippen LogP contribution in [0.4, 0.5) is 0 Å². The molecule has 0 aliphatic carbocycles. The van der Waals surface area contributed by atoms with Crippen molar-refractivity contribution in [3.8, 4) is 0 Å². The summed E-state index contributed by atoms with van der Waals surface area (Å²) in [6, 6.07) is 3.99. The fraction of sp³-hybridized carbons (Fsp3) is 0.429. The van der Waals surface area contributed by atoms with Gasteiger partial charge in [0, 0.05) is 45.1 Å². The van der Waals surface area contributed by atoms with E-state index < -0.39 is 0 Å². The second kappa shape index (κ2) is 5.54. The van der Waals surface area contributed by atoms with Gasteiger partial charge in [-0.15, -0.1) is 0 Å². The summed E-state index contributed by atoms with van der Waals surface area (Å²) in [4.78, 5) is 13.8. The van der Waals surface area contributed by atoms with Crippen molar-refractivity contribution in [2.75, 3.05) is 13.1 Å². The topological polar surface area (TPSA) is 43.1 Å². The minimum atomic E-state index is 0.0365. The van der Waals surface area contributed by atoms with E-state index in [4.69, 9.17) is 0 Å². The number of nitrogens with zero attached hydrogens (tertiary/aromatic N) is 4. The van der Waals surface area contributed by atoms with Gasteiger partial charge in [-0.25, -0.2) is 0 Å². The Hall–Kier alpha value is -1.40. The number of hydrogen-bond donors (Lipinski definition) is 0. The minimum absolute atomic E-state index is 0.0365. The van der Waals surface area contributed by atoms with E-state index in [1.165, 1.54) is 5.56 Å². The number of aryl methyl sites for hydroxylation is 1. The van der Waals surface area contributed by atoms with E-state index in [0.29, 0.717) is 6.04 Å². The molecule has 0 N–H and O–H groups in total. The molecular weight excluding hydrogens is 320 g/mol. The summed E-state index contributed by atoms with van der Waals surface area (Å²) in [6.45, 7) is 2.94. The van der Waals surface area contributed by atoms with Crippen LogP contribution in [0.15, 0.2) is 40.0 Å². The quantitative estimate of drug-likeness (QED) is 0.858. The Morgan fingerprint density at radius 2 is 2.25 bits per heavy atom. The molecule has 1 saturated heterocycles. The maximum absolute atomic E-state index is 11.4. The molecule has 0 amide bonds. The minimum Gasteiger partial charge on any atom is -0.318 e. The molecule has 1 atom stereocenters. The molecule has 1 unspecified atom stereocenters. The number of pyridine rings is 1. The Morgan fingerprint density at radius 3 is 2.95 bits per heavy atom. The first kappa shape index (κ1) is 13.6. The van der Waals surface area contributed by atoms with Crippen LogP contribution in [0, 0.1) is 0 Å². The SMILES string of the molecule is Cn1cc(CN2CCC(n3cc(Br)cn3)C2)ccc1=O. The molecule has 2 aromatic heterocycles. The van der Waals surface area contributed by atoms with Crippen LogP contribution in [-0.4, -0.2) is 32.3 Å². The smallest absolute Gasteiger partial charge is 0.250 e. The first-order valence-corrected chi connectivity index (χ1v) is 7.49. The number of aromatic nitrogens is 3. The Kier molecular flexibility index (Phi) is 3.76. The lowest BCUT2D eigenvalue weighted by Gasteiger charge is -2.16. The molecule has 1 aliphatic rings. The van der Waals surface area contributed by atoms with Gasteiger partial charge in [-0.1, -0.05) is 6.07 Å². The van der Waals surface area contributed by atoms with Crippen LogP contribution < -0.4 is 5.56 Å². The molecule has 0 saturated carbocycles. The lowest BCUT2D eigenvalue weighted by molar-refractivity contribution is 0.311.